The molecule has 2 rings (SSSR count). The van der Waals surface area contributed by atoms with E-state index >= 15 is 0 Å². The summed E-state index contributed by atoms with van der Waals surface area (Å²) < 4.78 is 37.1. The van der Waals surface area contributed by atoms with Crippen LogP contribution < -0.4 is 0 Å². The van der Waals surface area contributed by atoms with E-state index in [1.165, 1.54) is 11.3 Å². The van der Waals surface area contributed by atoms with Crippen LogP contribution in [0, 0.1) is 5.92 Å². The van der Waals surface area contributed by atoms with Gasteiger partial charge in [0.1, 0.15) is 0 Å². The van der Waals surface area contributed by atoms with Crippen molar-refractivity contribution in [1.82, 2.24) is 4.90 Å². The molecule has 1 aromatic heterocycles. The number of hydrogen-bond acceptors (Lipinski definition) is 3. The van der Waals surface area contributed by atoms with Crippen LogP contribution in [-0.4, -0.2) is 41.1 Å². The minimum absolute atomic E-state index is 0.216. The molecule has 2 heterocycles. The number of carbonyl (C=O) groups is 2. The molecule has 0 aliphatic carbocycles. The van der Waals surface area contributed by atoms with Crippen LogP contribution in [0.1, 0.15) is 11.5 Å². The number of amides is 1. The Bertz CT molecular complexity index is 486. The third-order valence-electron chi connectivity index (χ3n) is 3.14. The van der Waals surface area contributed by atoms with Gasteiger partial charge in [-0.3, -0.25) is 9.59 Å². The highest BCUT2D eigenvalue weighted by molar-refractivity contribution is 7.08. The summed E-state index contributed by atoms with van der Waals surface area (Å²) in [4.78, 5) is 22.8. The SMILES string of the molecule is O=C(O)[C@@H]1CN(C(=O)C(F)(F)F)C[C@H]1c1ccsc1. The molecule has 1 aliphatic heterocycles. The number of rotatable bonds is 2. The fraction of sp³-hybridized carbons (Fsp3) is 0.455. The average Bonchev–Trinajstić information content (AvgIpc) is 2.95. The van der Waals surface area contributed by atoms with E-state index in [2.05, 4.69) is 0 Å². The molecule has 2 atom stereocenters. The van der Waals surface area contributed by atoms with Crippen molar-refractivity contribution in [3.05, 3.63) is 22.4 Å². The minimum Gasteiger partial charge on any atom is -0.481 e. The number of thiophene rings is 1. The van der Waals surface area contributed by atoms with E-state index in [4.69, 9.17) is 5.11 Å². The van der Waals surface area contributed by atoms with Crippen molar-refractivity contribution >= 4 is 23.2 Å². The van der Waals surface area contributed by atoms with Crippen LogP contribution in [0.25, 0.3) is 0 Å². The number of carbonyl (C=O) groups excluding carboxylic acids is 1. The Hall–Kier alpha value is -1.57. The highest BCUT2D eigenvalue weighted by Crippen LogP contribution is 2.35. The maximum atomic E-state index is 12.4. The zero-order chi connectivity index (χ0) is 14.2. The van der Waals surface area contributed by atoms with Gasteiger partial charge in [0.15, 0.2) is 0 Å². The third kappa shape index (κ3) is 2.73. The lowest BCUT2D eigenvalue weighted by Gasteiger charge is -2.17. The van der Waals surface area contributed by atoms with Gasteiger partial charge in [0.2, 0.25) is 0 Å². The number of alkyl halides is 3. The molecule has 1 aromatic rings. The van der Waals surface area contributed by atoms with Crippen molar-refractivity contribution in [1.29, 1.82) is 0 Å². The molecular weight excluding hydrogens is 283 g/mol. The zero-order valence-corrected chi connectivity index (χ0v) is 10.4. The highest BCUT2D eigenvalue weighted by Gasteiger charge is 2.48. The maximum Gasteiger partial charge on any atom is 0.471 e. The van der Waals surface area contributed by atoms with Crippen LogP contribution in [-0.2, 0) is 9.59 Å². The molecule has 1 amide bonds. The standard InChI is InChI=1S/C11H10F3NO3S/c12-11(13,14)10(18)15-3-7(6-1-2-19-5-6)8(4-15)9(16)17/h1-2,5,7-8H,3-4H2,(H,16,17)/t7-,8+/m0/s1. The molecular formula is C11H10F3NO3S. The summed E-state index contributed by atoms with van der Waals surface area (Å²) in [5, 5.41) is 12.5. The smallest absolute Gasteiger partial charge is 0.471 e. The van der Waals surface area contributed by atoms with Gasteiger partial charge in [-0.1, -0.05) is 0 Å². The van der Waals surface area contributed by atoms with E-state index in [0.717, 1.165) is 0 Å². The van der Waals surface area contributed by atoms with Gasteiger partial charge in [-0.25, -0.2) is 0 Å². The van der Waals surface area contributed by atoms with Crippen LogP contribution in [0.4, 0.5) is 13.2 Å². The van der Waals surface area contributed by atoms with E-state index in [1.807, 2.05) is 0 Å². The lowest BCUT2D eigenvalue weighted by Crippen LogP contribution is -2.40. The summed E-state index contributed by atoms with van der Waals surface area (Å²) in [5.74, 6) is -4.75. The molecule has 1 aliphatic rings. The number of halogens is 3. The minimum atomic E-state index is -4.97. The van der Waals surface area contributed by atoms with Crippen molar-refractivity contribution in [2.45, 2.75) is 12.1 Å². The Morgan fingerprint density at radius 1 is 1.37 bits per heavy atom. The summed E-state index contributed by atoms with van der Waals surface area (Å²) in [5.41, 5.74) is 0.662. The van der Waals surface area contributed by atoms with Gasteiger partial charge in [-0.15, -0.1) is 0 Å². The Kier molecular flexibility index (Phi) is 3.53. The van der Waals surface area contributed by atoms with Gasteiger partial charge in [-0.05, 0) is 22.4 Å². The first-order valence-corrected chi connectivity index (χ1v) is 6.36. The van der Waals surface area contributed by atoms with Crippen LogP contribution in [0.5, 0.6) is 0 Å². The molecule has 0 aromatic carbocycles. The topological polar surface area (TPSA) is 57.6 Å². The lowest BCUT2D eigenvalue weighted by molar-refractivity contribution is -0.184. The molecule has 1 fully saturated rings. The Morgan fingerprint density at radius 2 is 2.05 bits per heavy atom. The van der Waals surface area contributed by atoms with Crippen LogP contribution in [0.15, 0.2) is 16.8 Å². The second-order valence-electron chi connectivity index (χ2n) is 4.32. The lowest BCUT2D eigenvalue weighted by atomic mass is 9.91. The van der Waals surface area contributed by atoms with Crippen molar-refractivity contribution in [2.24, 2.45) is 5.92 Å². The molecule has 4 nitrogen and oxygen atoms in total. The molecule has 0 bridgehead atoms. The van der Waals surface area contributed by atoms with Crippen molar-refractivity contribution < 1.29 is 27.9 Å². The first kappa shape index (κ1) is 13.9. The van der Waals surface area contributed by atoms with E-state index in [9.17, 15) is 22.8 Å². The van der Waals surface area contributed by atoms with E-state index in [1.54, 1.807) is 16.8 Å². The van der Waals surface area contributed by atoms with E-state index in [-0.39, 0.29) is 6.54 Å². The number of carboxylic acid groups (broad SMARTS) is 1. The summed E-state index contributed by atoms with van der Waals surface area (Å²) in [6, 6.07) is 1.67. The molecule has 0 saturated carbocycles. The summed E-state index contributed by atoms with van der Waals surface area (Å²) in [6.07, 6.45) is -4.97. The molecule has 1 N–H and O–H groups in total. The number of likely N-dealkylation sites (tertiary alicyclic amines) is 1. The molecule has 0 spiro atoms. The third-order valence-corrected chi connectivity index (χ3v) is 3.84. The predicted octanol–water partition coefficient (Wildman–Crippen LogP) is 1.94. The predicted molar refractivity (Wildman–Crippen MR) is 60.8 cm³/mol. The zero-order valence-electron chi connectivity index (χ0n) is 9.55. The normalized spacial score (nSPS) is 23.6. The van der Waals surface area contributed by atoms with Crippen molar-refractivity contribution in [2.75, 3.05) is 13.1 Å². The quantitative estimate of drug-likeness (QED) is 0.906. The average molecular weight is 293 g/mol. The van der Waals surface area contributed by atoms with Gasteiger partial charge in [0, 0.05) is 19.0 Å². The van der Waals surface area contributed by atoms with Crippen molar-refractivity contribution in [3.63, 3.8) is 0 Å². The number of carboxylic acids is 1. The second kappa shape index (κ2) is 4.84. The molecule has 1 saturated heterocycles. The number of aliphatic carboxylic acids is 1. The molecule has 104 valence electrons. The number of hydrogen-bond donors (Lipinski definition) is 1. The Morgan fingerprint density at radius 3 is 2.53 bits per heavy atom. The van der Waals surface area contributed by atoms with Crippen LogP contribution in [0.3, 0.4) is 0 Å². The second-order valence-corrected chi connectivity index (χ2v) is 5.10. The van der Waals surface area contributed by atoms with Crippen LogP contribution >= 0.6 is 11.3 Å². The monoisotopic (exact) mass is 293 g/mol. The fourth-order valence-corrected chi connectivity index (χ4v) is 2.95. The summed E-state index contributed by atoms with van der Waals surface area (Å²) in [6.45, 7) is -0.625. The van der Waals surface area contributed by atoms with E-state index in [0.29, 0.717) is 10.5 Å². The van der Waals surface area contributed by atoms with Gasteiger partial charge >= 0.3 is 18.1 Å². The van der Waals surface area contributed by atoms with E-state index < -0.39 is 36.4 Å². The largest absolute Gasteiger partial charge is 0.481 e. The summed E-state index contributed by atoms with van der Waals surface area (Å²) >= 11 is 1.34. The van der Waals surface area contributed by atoms with Gasteiger partial charge in [0.05, 0.1) is 5.92 Å². The maximum absolute atomic E-state index is 12.4. The Balaban J connectivity index is 2.22. The van der Waals surface area contributed by atoms with Gasteiger partial charge in [-0.2, -0.15) is 24.5 Å². The molecule has 0 radical (unpaired) electrons. The number of nitrogens with zero attached hydrogens (tertiary/aromatic N) is 1. The molecule has 8 heteroatoms. The Labute approximate surface area is 110 Å². The first-order valence-electron chi connectivity index (χ1n) is 5.41. The van der Waals surface area contributed by atoms with Gasteiger partial charge < -0.3 is 10.0 Å². The fourth-order valence-electron chi connectivity index (χ4n) is 2.22. The molecule has 0 unspecified atom stereocenters. The summed E-state index contributed by atoms with van der Waals surface area (Å²) in [7, 11) is 0. The van der Waals surface area contributed by atoms with Gasteiger partial charge in [0.25, 0.3) is 0 Å². The van der Waals surface area contributed by atoms with Crippen molar-refractivity contribution in [3.8, 4) is 0 Å². The van der Waals surface area contributed by atoms with Crippen LogP contribution in [0.2, 0.25) is 0 Å². The highest BCUT2D eigenvalue weighted by atomic mass is 32.1. The molecule has 19 heavy (non-hydrogen) atoms. The first-order chi connectivity index (χ1) is 8.80.